The zero-order chi connectivity index (χ0) is 12.3. The number of anilines is 1. The van der Waals surface area contributed by atoms with Gasteiger partial charge in [-0.2, -0.15) is 0 Å². The standard InChI is InChI=1S/C14H20N2O/c1-2-6-11-7-5-10-16(11)14(17)12-8-3-4-9-13(12)15/h3-4,8-9,11H,2,5-7,10,15H2,1H3. The Balaban J connectivity index is 2.17. The molecule has 2 rings (SSSR count). The maximum Gasteiger partial charge on any atom is 0.256 e. The summed E-state index contributed by atoms with van der Waals surface area (Å²) in [5.41, 5.74) is 7.09. The van der Waals surface area contributed by atoms with Crippen molar-refractivity contribution < 1.29 is 4.79 Å². The van der Waals surface area contributed by atoms with E-state index < -0.39 is 0 Å². The zero-order valence-corrected chi connectivity index (χ0v) is 10.4. The molecule has 17 heavy (non-hydrogen) atoms. The van der Waals surface area contributed by atoms with Crippen molar-refractivity contribution in [2.24, 2.45) is 0 Å². The molecule has 0 aromatic heterocycles. The monoisotopic (exact) mass is 232 g/mol. The minimum Gasteiger partial charge on any atom is -0.398 e. The maximum atomic E-state index is 12.4. The molecule has 1 unspecified atom stereocenters. The lowest BCUT2D eigenvalue weighted by Gasteiger charge is -2.25. The predicted molar refractivity (Wildman–Crippen MR) is 69.8 cm³/mol. The van der Waals surface area contributed by atoms with Gasteiger partial charge in [-0.05, 0) is 31.4 Å². The predicted octanol–water partition coefficient (Wildman–Crippen LogP) is 2.67. The average Bonchev–Trinajstić information content (AvgIpc) is 2.78. The van der Waals surface area contributed by atoms with E-state index in [-0.39, 0.29) is 5.91 Å². The Bertz CT molecular complexity index is 403. The Kier molecular flexibility index (Phi) is 3.67. The van der Waals surface area contributed by atoms with Gasteiger partial charge in [0, 0.05) is 18.3 Å². The van der Waals surface area contributed by atoms with Crippen molar-refractivity contribution in [2.45, 2.75) is 38.6 Å². The van der Waals surface area contributed by atoms with Gasteiger partial charge in [0.25, 0.3) is 5.91 Å². The Hall–Kier alpha value is -1.51. The quantitative estimate of drug-likeness (QED) is 0.814. The number of amides is 1. The molecule has 0 saturated carbocycles. The first-order valence-corrected chi connectivity index (χ1v) is 6.39. The summed E-state index contributed by atoms with van der Waals surface area (Å²) < 4.78 is 0. The van der Waals surface area contributed by atoms with Crippen molar-refractivity contribution in [3.63, 3.8) is 0 Å². The van der Waals surface area contributed by atoms with Gasteiger partial charge in [0.05, 0.1) is 5.56 Å². The molecule has 92 valence electrons. The Morgan fingerprint density at radius 3 is 2.94 bits per heavy atom. The summed E-state index contributed by atoms with van der Waals surface area (Å²) in [4.78, 5) is 14.4. The van der Waals surface area contributed by atoms with Crippen molar-refractivity contribution in [3.8, 4) is 0 Å². The Labute approximate surface area is 103 Å². The highest BCUT2D eigenvalue weighted by Gasteiger charge is 2.29. The van der Waals surface area contributed by atoms with Crippen LogP contribution in [0.25, 0.3) is 0 Å². The van der Waals surface area contributed by atoms with Crippen LogP contribution in [0.5, 0.6) is 0 Å². The van der Waals surface area contributed by atoms with Crippen LogP contribution in [0.15, 0.2) is 24.3 Å². The summed E-state index contributed by atoms with van der Waals surface area (Å²) in [6.45, 7) is 3.04. The van der Waals surface area contributed by atoms with Crippen LogP contribution in [0.4, 0.5) is 5.69 Å². The number of rotatable bonds is 3. The second-order valence-corrected chi connectivity index (χ2v) is 4.67. The number of nitrogen functional groups attached to an aromatic ring is 1. The van der Waals surface area contributed by atoms with Crippen molar-refractivity contribution in [3.05, 3.63) is 29.8 Å². The van der Waals surface area contributed by atoms with E-state index in [4.69, 9.17) is 5.73 Å². The first kappa shape index (κ1) is 12.0. The van der Waals surface area contributed by atoms with E-state index in [1.807, 2.05) is 23.1 Å². The molecule has 0 aliphatic carbocycles. The fourth-order valence-corrected chi connectivity index (χ4v) is 2.58. The molecule has 0 spiro atoms. The van der Waals surface area contributed by atoms with E-state index in [2.05, 4.69) is 6.92 Å². The molecular weight excluding hydrogens is 212 g/mol. The molecule has 3 heteroatoms. The lowest BCUT2D eigenvalue weighted by molar-refractivity contribution is 0.0731. The van der Waals surface area contributed by atoms with Crippen molar-refractivity contribution in [1.29, 1.82) is 0 Å². The van der Waals surface area contributed by atoms with Crippen LogP contribution in [0.1, 0.15) is 43.0 Å². The average molecular weight is 232 g/mol. The molecule has 1 aliphatic rings. The topological polar surface area (TPSA) is 46.3 Å². The van der Waals surface area contributed by atoms with Crippen LogP contribution >= 0.6 is 0 Å². The smallest absolute Gasteiger partial charge is 0.256 e. The molecule has 1 aromatic rings. The van der Waals surface area contributed by atoms with Crippen molar-refractivity contribution in [2.75, 3.05) is 12.3 Å². The molecule has 0 bridgehead atoms. The normalized spacial score (nSPS) is 19.6. The minimum atomic E-state index is 0.0963. The van der Waals surface area contributed by atoms with Crippen molar-refractivity contribution >= 4 is 11.6 Å². The van der Waals surface area contributed by atoms with Gasteiger partial charge in [-0.3, -0.25) is 4.79 Å². The Morgan fingerprint density at radius 2 is 2.24 bits per heavy atom. The van der Waals surface area contributed by atoms with E-state index in [0.29, 0.717) is 17.3 Å². The molecule has 1 aromatic carbocycles. The molecule has 1 atom stereocenters. The van der Waals surface area contributed by atoms with Gasteiger partial charge in [-0.15, -0.1) is 0 Å². The van der Waals surface area contributed by atoms with Crippen LogP contribution in [0.2, 0.25) is 0 Å². The number of nitrogens with two attached hydrogens (primary N) is 1. The molecule has 1 amide bonds. The summed E-state index contributed by atoms with van der Waals surface area (Å²) in [5, 5.41) is 0. The number of hydrogen-bond acceptors (Lipinski definition) is 2. The second-order valence-electron chi connectivity index (χ2n) is 4.67. The van der Waals surface area contributed by atoms with Gasteiger partial charge in [-0.1, -0.05) is 25.5 Å². The highest BCUT2D eigenvalue weighted by Crippen LogP contribution is 2.25. The van der Waals surface area contributed by atoms with E-state index in [1.54, 1.807) is 6.07 Å². The summed E-state index contributed by atoms with van der Waals surface area (Å²) in [5.74, 6) is 0.0963. The van der Waals surface area contributed by atoms with Crippen molar-refractivity contribution in [1.82, 2.24) is 4.90 Å². The van der Waals surface area contributed by atoms with Gasteiger partial charge in [0.15, 0.2) is 0 Å². The third-order valence-electron chi connectivity index (χ3n) is 3.45. The first-order chi connectivity index (χ1) is 8.24. The molecule has 0 radical (unpaired) electrons. The Morgan fingerprint density at radius 1 is 1.47 bits per heavy atom. The third kappa shape index (κ3) is 2.43. The minimum absolute atomic E-state index is 0.0963. The molecule has 1 aliphatic heterocycles. The molecule has 2 N–H and O–H groups in total. The molecule has 1 saturated heterocycles. The third-order valence-corrected chi connectivity index (χ3v) is 3.45. The highest BCUT2D eigenvalue weighted by molar-refractivity contribution is 5.99. The molecule has 3 nitrogen and oxygen atoms in total. The van der Waals surface area contributed by atoms with Gasteiger partial charge < -0.3 is 10.6 Å². The van der Waals surface area contributed by atoms with E-state index >= 15 is 0 Å². The van der Waals surface area contributed by atoms with Crippen LogP contribution in [-0.2, 0) is 0 Å². The van der Waals surface area contributed by atoms with Gasteiger partial charge >= 0.3 is 0 Å². The van der Waals surface area contributed by atoms with Gasteiger partial charge in [0.1, 0.15) is 0 Å². The molecule has 1 fully saturated rings. The molecule has 1 heterocycles. The fraction of sp³-hybridized carbons (Fsp3) is 0.500. The highest BCUT2D eigenvalue weighted by atomic mass is 16.2. The van der Waals surface area contributed by atoms with Crippen LogP contribution in [0, 0.1) is 0 Å². The largest absolute Gasteiger partial charge is 0.398 e. The number of carbonyl (C=O) groups excluding carboxylic acids is 1. The van der Waals surface area contributed by atoms with Crippen LogP contribution < -0.4 is 5.73 Å². The van der Waals surface area contributed by atoms with Crippen LogP contribution in [-0.4, -0.2) is 23.4 Å². The van der Waals surface area contributed by atoms with Gasteiger partial charge in [0.2, 0.25) is 0 Å². The summed E-state index contributed by atoms with van der Waals surface area (Å²) >= 11 is 0. The van der Waals surface area contributed by atoms with Crippen LogP contribution in [0.3, 0.4) is 0 Å². The number of hydrogen-bond donors (Lipinski definition) is 1. The summed E-state index contributed by atoms with van der Waals surface area (Å²) in [6, 6.07) is 7.75. The second kappa shape index (κ2) is 5.21. The van der Waals surface area contributed by atoms with E-state index in [9.17, 15) is 4.79 Å². The zero-order valence-electron chi connectivity index (χ0n) is 10.4. The summed E-state index contributed by atoms with van der Waals surface area (Å²) in [6.07, 6.45) is 4.46. The van der Waals surface area contributed by atoms with Gasteiger partial charge in [-0.25, -0.2) is 0 Å². The number of carbonyl (C=O) groups is 1. The summed E-state index contributed by atoms with van der Waals surface area (Å²) in [7, 11) is 0. The van der Waals surface area contributed by atoms with E-state index in [1.165, 1.54) is 0 Å². The lowest BCUT2D eigenvalue weighted by atomic mass is 10.1. The molecular formula is C14H20N2O. The number of para-hydroxylation sites is 1. The first-order valence-electron chi connectivity index (χ1n) is 6.39. The fourth-order valence-electron chi connectivity index (χ4n) is 2.58. The SMILES string of the molecule is CCCC1CCCN1C(=O)c1ccccc1N. The number of likely N-dealkylation sites (tertiary alicyclic amines) is 1. The maximum absolute atomic E-state index is 12.4. The lowest BCUT2D eigenvalue weighted by Crippen LogP contribution is -2.35. The number of benzene rings is 1. The van der Waals surface area contributed by atoms with E-state index in [0.717, 1.165) is 32.2 Å². The number of nitrogens with zero attached hydrogens (tertiary/aromatic N) is 1.